The maximum absolute atomic E-state index is 11.9. The van der Waals surface area contributed by atoms with Crippen LogP contribution in [0.15, 0.2) is 24.3 Å². The molecule has 0 aliphatic heterocycles. The number of nitrogens with zero attached hydrogens (tertiary/aromatic N) is 1. The van der Waals surface area contributed by atoms with Crippen molar-refractivity contribution in [2.75, 3.05) is 5.73 Å². The van der Waals surface area contributed by atoms with E-state index in [2.05, 4.69) is 11.4 Å². The fourth-order valence-corrected chi connectivity index (χ4v) is 2.51. The molecule has 19 heavy (non-hydrogen) atoms. The minimum atomic E-state index is -0.0135. The number of nitrogen functional groups attached to an aromatic ring is 1. The molecule has 0 heterocycles. The molecule has 0 aromatic heterocycles. The van der Waals surface area contributed by atoms with Gasteiger partial charge in [-0.3, -0.25) is 4.79 Å². The number of hydrogen-bond acceptors (Lipinski definition) is 3. The highest BCUT2D eigenvalue weighted by Crippen LogP contribution is 2.24. The predicted octanol–water partition coefficient (Wildman–Crippen LogP) is 2.01. The van der Waals surface area contributed by atoms with E-state index < -0.39 is 0 Å². The van der Waals surface area contributed by atoms with Gasteiger partial charge in [0, 0.05) is 18.2 Å². The van der Waals surface area contributed by atoms with Crippen LogP contribution in [0.2, 0.25) is 0 Å². The zero-order valence-electron chi connectivity index (χ0n) is 10.9. The molecular formula is C15H19N3O. The summed E-state index contributed by atoms with van der Waals surface area (Å²) in [6.45, 7) is 0. The van der Waals surface area contributed by atoms with Gasteiger partial charge < -0.3 is 11.1 Å². The minimum absolute atomic E-state index is 0.0135. The third-order valence-corrected chi connectivity index (χ3v) is 3.65. The van der Waals surface area contributed by atoms with Gasteiger partial charge >= 0.3 is 0 Å². The summed E-state index contributed by atoms with van der Waals surface area (Å²) in [5, 5.41) is 11.9. The van der Waals surface area contributed by atoms with Crippen molar-refractivity contribution < 1.29 is 4.79 Å². The van der Waals surface area contributed by atoms with Crippen molar-refractivity contribution in [3.63, 3.8) is 0 Å². The number of anilines is 1. The first kappa shape index (κ1) is 13.4. The van der Waals surface area contributed by atoms with Crippen LogP contribution in [0.3, 0.4) is 0 Å². The molecule has 3 N–H and O–H groups in total. The maximum atomic E-state index is 11.9. The quantitative estimate of drug-likeness (QED) is 0.810. The average molecular weight is 257 g/mol. The second-order valence-corrected chi connectivity index (χ2v) is 5.08. The van der Waals surface area contributed by atoms with Gasteiger partial charge in [0.2, 0.25) is 5.91 Å². The summed E-state index contributed by atoms with van der Waals surface area (Å²) in [5.74, 6) is 0.0180. The number of carbonyl (C=O) groups is 1. The van der Waals surface area contributed by atoms with Crippen molar-refractivity contribution in [3.8, 4) is 6.07 Å². The number of hydrogen-bond donors (Lipinski definition) is 2. The normalized spacial score (nSPS) is 21.8. The Morgan fingerprint density at radius 3 is 2.79 bits per heavy atom. The summed E-state index contributed by atoms with van der Waals surface area (Å²) in [6.07, 6.45) is 4.01. The minimum Gasteiger partial charge on any atom is -0.399 e. The Morgan fingerprint density at radius 1 is 1.37 bits per heavy atom. The van der Waals surface area contributed by atoms with Gasteiger partial charge in [0.1, 0.15) is 0 Å². The molecule has 100 valence electrons. The van der Waals surface area contributed by atoms with E-state index in [1.54, 1.807) is 0 Å². The van der Waals surface area contributed by atoms with Crippen LogP contribution in [0.1, 0.15) is 31.2 Å². The molecule has 0 bridgehead atoms. The molecule has 1 aromatic rings. The zero-order chi connectivity index (χ0) is 13.7. The smallest absolute Gasteiger partial charge is 0.220 e. The van der Waals surface area contributed by atoms with Crippen LogP contribution >= 0.6 is 0 Å². The highest BCUT2D eigenvalue weighted by atomic mass is 16.1. The molecular weight excluding hydrogens is 238 g/mol. The van der Waals surface area contributed by atoms with Gasteiger partial charge in [0.05, 0.1) is 12.0 Å². The van der Waals surface area contributed by atoms with Gasteiger partial charge in [0.15, 0.2) is 0 Å². The number of nitrogens with one attached hydrogen (secondary N) is 1. The van der Waals surface area contributed by atoms with E-state index in [0.29, 0.717) is 12.8 Å². The summed E-state index contributed by atoms with van der Waals surface area (Å²) in [5.41, 5.74) is 7.45. The lowest BCUT2D eigenvalue weighted by atomic mass is 10.0. The molecule has 2 unspecified atom stereocenters. The molecule has 1 fully saturated rings. The van der Waals surface area contributed by atoms with Crippen LogP contribution in [0, 0.1) is 17.2 Å². The van der Waals surface area contributed by atoms with E-state index in [0.717, 1.165) is 30.5 Å². The van der Waals surface area contributed by atoms with Crippen LogP contribution < -0.4 is 11.1 Å². The highest BCUT2D eigenvalue weighted by Gasteiger charge is 2.27. The molecule has 4 heteroatoms. The lowest BCUT2D eigenvalue weighted by Gasteiger charge is -2.15. The maximum Gasteiger partial charge on any atom is 0.220 e. The fourth-order valence-electron chi connectivity index (χ4n) is 2.51. The second-order valence-electron chi connectivity index (χ2n) is 5.08. The van der Waals surface area contributed by atoms with Crippen LogP contribution in [0.4, 0.5) is 5.69 Å². The standard InChI is InChI=1S/C15H19N3O/c16-10-12-2-1-3-14(12)18-15(19)9-6-11-4-7-13(17)8-5-11/h4-5,7-8,12,14H,1-3,6,9,17H2,(H,18,19). The summed E-state index contributed by atoms with van der Waals surface area (Å²) in [7, 11) is 0. The monoisotopic (exact) mass is 257 g/mol. The van der Waals surface area contributed by atoms with Gasteiger partial charge in [-0.15, -0.1) is 0 Å². The van der Waals surface area contributed by atoms with E-state index in [1.807, 2.05) is 24.3 Å². The summed E-state index contributed by atoms with van der Waals surface area (Å²) < 4.78 is 0. The molecule has 4 nitrogen and oxygen atoms in total. The Balaban J connectivity index is 1.79. The van der Waals surface area contributed by atoms with Crippen molar-refractivity contribution in [1.29, 1.82) is 5.26 Å². The Hall–Kier alpha value is -2.02. The molecule has 2 rings (SSSR count). The number of amides is 1. The van der Waals surface area contributed by atoms with Gasteiger partial charge in [-0.05, 0) is 43.4 Å². The molecule has 2 atom stereocenters. The predicted molar refractivity (Wildman–Crippen MR) is 74.1 cm³/mol. The van der Waals surface area contributed by atoms with Crippen molar-refractivity contribution in [2.24, 2.45) is 5.92 Å². The number of nitrogens with two attached hydrogens (primary N) is 1. The van der Waals surface area contributed by atoms with Crippen LogP contribution in [0.25, 0.3) is 0 Å². The van der Waals surface area contributed by atoms with E-state index in [4.69, 9.17) is 11.0 Å². The van der Waals surface area contributed by atoms with Gasteiger partial charge in [-0.25, -0.2) is 0 Å². The van der Waals surface area contributed by atoms with Crippen LogP contribution in [-0.2, 0) is 11.2 Å². The second kappa shape index (κ2) is 6.24. The number of rotatable bonds is 4. The summed E-state index contributed by atoms with van der Waals surface area (Å²) in [4.78, 5) is 11.9. The first-order valence-corrected chi connectivity index (χ1v) is 6.72. The lowest BCUT2D eigenvalue weighted by Crippen LogP contribution is -2.36. The Morgan fingerprint density at radius 2 is 2.11 bits per heavy atom. The molecule has 0 spiro atoms. The number of nitriles is 1. The first-order chi connectivity index (χ1) is 9.19. The van der Waals surface area contributed by atoms with Crippen molar-refractivity contribution in [3.05, 3.63) is 29.8 Å². The summed E-state index contributed by atoms with van der Waals surface area (Å²) in [6, 6.07) is 9.88. The van der Waals surface area contributed by atoms with Crippen molar-refractivity contribution in [1.82, 2.24) is 5.32 Å². The van der Waals surface area contributed by atoms with E-state index in [9.17, 15) is 4.79 Å². The number of aryl methyl sites for hydroxylation is 1. The Kier molecular flexibility index (Phi) is 4.40. The third kappa shape index (κ3) is 3.72. The van der Waals surface area contributed by atoms with Crippen LogP contribution in [0.5, 0.6) is 0 Å². The first-order valence-electron chi connectivity index (χ1n) is 6.72. The zero-order valence-corrected chi connectivity index (χ0v) is 10.9. The molecule has 1 aliphatic rings. The van der Waals surface area contributed by atoms with Gasteiger partial charge in [0.25, 0.3) is 0 Å². The molecule has 0 saturated heterocycles. The van der Waals surface area contributed by atoms with E-state index in [-0.39, 0.29) is 17.9 Å². The average Bonchev–Trinajstić information content (AvgIpc) is 2.85. The van der Waals surface area contributed by atoms with Gasteiger partial charge in [-0.2, -0.15) is 5.26 Å². The molecule has 1 amide bonds. The van der Waals surface area contributed by atoms with Gasteiger partial charge in [-0.1, -0.05) is 12.1 Å². The largest absolute Gasteiger partial charge is 0.399 e. The molecule has 1 saturated carbocycles. The molecule has 1 aromatic carbocycles. The molecule has 0 radical (unpaired) electrons. The topological polar surface area (TPSA) is 78.9 Å². The third-order valence-electron chi connectivity index (χ3n) is 3.65. The van der Waals surface area contributed by atoms with Crippen molar-refractivity contribution >= 4 is 11.6 Å². The number of benzene rings is 1. The van der Waals surface area contributed by atoms with E-state index in [1.165, 1.54) is 0 Å². The lowest BCUT2D eigenvalue weighted by molar-refractivity contribution is -0.121. The van der Waals surface area contributed by atoms with Crippen molar-refractivity contribution in [2.45, 2.75) is 38.1 Å². The Labute approximate surface area is 113 Å². The summed E-state index contributed by atoms with van der Waals surface area (Å²) >= 11 is 0. The molecule has 1 aliphatic carbocycles. The highest BCUT2D eigenvalue weighted by molar-refractivity contribution is 5.76. The Bertz CT molecular complexity index is 475. The van der Waals surface area contributed by atoms with E-state index >= 15 is 0 Å². The number of carbonyl (C=O) groups excluding carboxylic acids is 1. The van der Waals surface area contributed by atoms with Crippen LogP contribution in [-0.4, -0.2) is 11.9 Å². The fraction of sp³-hybridized carbons (Fsp3) is 0.467. The SMILES string of the molecule is N#CC1CCCC1NC(=O)CCc1ccc(N)cc1.